The van der Waals surface area contributed by atoms with Crippen molar-refractivity contribution in [3.8, 4) is 0 Å². The zero-order valence-corrected chi connectivity index (χ0v) is 68.1. The standard InChI is InChI=1S/C95H98O28/c1-60(96)112-79-75(116-92(103)85(114-62(3)98)83(79)113-61(2)97)58-110-94-88(122-91(102)72-48-30-13-31-49-72)84(121-90(101)71-46-28-12-29-47-71)80(120-89(100)70-44-26-11-27-45-70)76(118-94)59-111-93-86(81(108-54-68-40-22-9-23-41-68)77(106-52-66-36-18-7-19-37-66)73(117-93)56-104-50-64-32-14-5-15-33-64)123-95-87(115-63(4)99)82(109-55-69-42-24-10-25-43-69)78(107-53-67-38-20-8-21-39-67)74(119-95)57-105-51-65-34-16-6-17-35-65/h5-49,73-88,92-95,103H,50-59H2,1-4H3/t73?,74?,75?,76?,77-,78-,79-,80-,81-,82-,83-,84-,85?,86?,87?,88?,92+,93+,94+,95-/m0/s1. The monoisotopic (exact) mass is 1690 g/mol. The predicted octanol–water partition coefficient (Wildman–Crippen LogP) is 11.5. The summed E-state index contributed by atoms with van der Waals surface area (Å²) < 4.78 is 134. The average Bonchev–Trinajstić information content (AvgIpc) is 0.754. The van der Waals surface area contributed by atoms with Crippen molar-refractivity contribution in [1.29, 1.82) is 0 Å². The van der Waals surface area contributed by atoms with E-state index in [9.17, 15) is 29.1 Å². The Morgan fingerprint density at radius 3 is 0.870 bits per heavy atom. The van der Waals surface area contributed by atoms with Gasteiger partial charge in [0.2, 0.25) is 0 Å². The fourth-order valence-corrected chi connectivity index (χ4v) is 14.7. The number of hydrogen-bond donors (Lipinski definition) is 1. The molecular weight excluding hydrogens is 1590 g/mol. The Hall–Kier alpha value is -11.3. The van der Waals surface area contributed by atoms with Crippen LogP contribution in [0.5, 0.6) is 0 Å². The number of carbonyl (C=O) groups is 7. The lowest BCUT2D eigenvalue weighted by molar-refractivity contribution is -0.384. The Labute approximate surface area is 711 Å². The highest BCUT2D eigenvalue weighted by Crippen LogP contribution is 2.40. The van der Waals surface area contributed by atoms with Crippen molar-refractivity contribution in [2.24, 2.45) is 0 Å². The molecule has 4 aliphatic rings. The van der Waals surface area contributed by atoms with E-state index in [4.69, 9.17) is 94.7 Å². The van der Waals surface area contributed by atoms with Gasteiger partial charge in [-0.1, -0.05) is 237 Å². The first-order valence-corrected chi connectivity index (χ1v) is 40.5. The molecule has 646 valence electrons. The van der Waals surface area contributed by atoms with Gasteiger partial charge in [-0.25, -0.2) is 14.4 Å². The van der Waals surface area contributed by atoms with Gasteiger partial charge in [-0.2, -0.15) is 0 Å². The lowest BCUT2D eigenvalue weighted by Gasteiger charge is -2.50. The van der Waals surface area contributed by atoms with Crippen molar-refractivity contribution in [3.63, 3.8) is 0 Å². The van der Waals surface area contributed by atoms with Crippen molar-refractivity contribution >= 4 is 41.8 Å². The van der Waals surface area contributed by atoms with Crippen molar-refractivity contribution in [2.75, 3.05) is 26.4 Å². The van der Waals surface area contributed by atoms with E-state index in [1.54, 1.807) is 54.6 Å². The minimum Gasteiger partial charge on any atom is -0.456 e. The Bertz CT molecular complexity index is 4760. The SMILES string of the molecule is CC(=O)OC1[C@H](OC2[C@H](OCC3O[C@@H](OCC4O[C@@H](O)C(OC(C)=O)[C@@H](OC(C)=O)[C@H]4OC(C)=O)C(OC(=O)c4ccccc4)[C@@H](OC(=O)c4ccccc4)[C@H]3OC(=O)c3ccccc3)OC(COCc3ccccc3)[C@H](OCc3ccccc3)[C@@H]2OCc2ccccc2)OC(COCc2ccccc2)[C@H](OCc2ccccc2)[C@@H]1OCc1ccccc1. The third kappa shape index (κ3) is 25.5. The van der Waals surface area contributed by atoms with Gasteiger partial charge in [0.15, 0.2) is 67.9 Å². The number of rotatable bonds is 38. The van der Waals surface area contributed by atoms with Gasteiger partial charge < -0.3 is 99.8 Å². The molecule has 13 rings (SSSR count). The summed E-state index contributed by atoms with van der Waals surface area (Å²) in [4.78, 5) is 98.2. The smallest absolute Gasteiger partial charge is 0.338 e. The number of aliphatic hydroxyl groups is 1. The summed E-state index contributed by atoms with van der Waals surface area (Å²) in [6.07, 6.45) is -32.5. The summed E-state index contributed by atoms with van der Waals surface area (Å²) in [6.45, 7) is 2.36. The fraction of sp³-hybridized carbons (Fsp3) is 0.358. The maximum absolute atomic E-state index is 15.2. The van der Waals surface area contributed by atoms with E-state index in [1.165, 1.54) is 43.3 Å². The van der Waals surface area contributed by atoms with Gasteiger partial charge in [-0.05, 0) is 69.8 Å². The van der Waals surface area contributed by atoms with Crippen LogP contribution < -0.4 is 0 Å². The molecule has 4 fully saturated rings. The molecule has 0 bridgehead atoms. The highest BCUT2D eigenvalue weighted by Gasteiger charge is 2.59. The molecular formula is C95H98O28. The highest BCUT2D eigenvalue weighted by molar-refractivity contribution is 5.91. The molecule has 9 aromatic carbocycles. The van der Waals surface area contributed by atoms with Crippen LogP contribution in [-0.4, -0.2) is 196 Å². The van der Waals surface area contributed by atoms with Crippen LogP contribution in [0, 0.1) is 0 Å². The van der Waals surface area contributed by atoms with E-state index in [0.29, 0.717) is 5.56 Å². The number of benzene rings is 9. The number of ether oxygens (including phenoxy) is 20. The van der Waals surface area contributed by atoms with Crippen molar-refractivity contribution in [1.82, 2.24) is 0 Å². The third-order valence-electron chi connectivity index (χ3n) is 20.4. The molecule has 0 radical (unpaired) electrons. The molecule has 0 aliphatic carbocycles. The maximum Gasteiger partial charge on any atom is 0.338 e. The van der Waals surface area contributed by atoms with Gasteiger partial charge in [0.25, 0.3) is 0 Å². The molecule has 28 nitrogen and oxygen atoms in total. The van der Waals surface area contributed by atoms with Gasteiger partial charge in [-0.15, -0.1) is 0 Å². The van der Waals surface area contributed by atoms with Crippen LogP contribution in [-0.2, 0) is 154 Å². The summed E-state index contributed by atoms with van der Waals surface area (Å²) in [7, 11) is 0. The molecule has 8 unspecified atom stereocenters. The molecule has 0 spiro atoms. The van der Waals surface area contributed by atoms with Gasteiger partial charge >= 0.3 is 41.8 Å². The van der Waals surface area contributed by atoms with Crippen molar-refractivity contribution < 1.29 is 133 Å². The summed E-state index contributed by atoms with van der Waals surface area (Å²) in [5.41, 5.74) is 4.62. The van der Waals surface area contributed by atoms with Gasteiger partial charge in [-0.3, -0.25) is 19.2 Å². The molecule has 0 amide bonds. The third-order valence-corrected chi connectivity index (χ3v) is 20.4. The fourth-order valence-electron chi connectivity index (χ4n) is 14.7. The summed E-state index contributed by atoms with van der Waals surface area (Å²) >= 11 is 0. The molecule has 9 aromatic rings. The molecule has 0 saturated carbocycles. The molecule has 4 saturated heterocycles. The van der Waals surface area contributed by atoms with E-state index in [-0.39, 0.29) is 69.5 Å². The molecule has 0 aromatic heterocycles. The minimum atomic E-state index is -2.09. The quantitative estimate of drug-likeness (QED) is 0.0277. The first-order valence-electron chi connectivity index (χ1n) is 40.5. The Morgan fingerprint density at radius 1 is 0.244 bits per heavy atom. The number of esters is 7. The first-order chi connectivity index (χ1) is 59.9. The Morgan fingerprint density at radius 2 is 0.496 bits per heavy atom. The molecule has 20 atom stereocenters. The van der Waals surface area contributed by atoms with Crippen LogP contribution in [0.1, 0.15) is 92.1 Å². The van der Waals surface area contributed by atoms with Crippen LogP contribution in [0.3, 0.4) is 0 Å². The number of carbonyl (C=O) groups excluding carboxylic acids is 7. The van der Waals surface area contributed by atoms with E-state index in [1.807, 2.05) is 182 Å². The lowest BCUT2D eigenvalue weighted by atomic mass is 9.95. The topological polar surface area (TPSA) is 324 Å². The summed E-state index contributed by atoms with van der Waals surface area (Å²) in [6, 6.07) is 79.7. The molecule has 4 aliphatic heterocycles. The molecule has 4 heterocycles. The zero-order valence-electron chi connectivity index (χ0n) is 68.1. The highest BCUT2D eigenvalue weighted by atomic mass is 16.8. The molecule has 1 N–H and O–H groups in total. The van der Waals surface area contributed by atoms with E-state index in [2.05, 4.69) is 0 Å². The van der Waals surface area contributed by atoms with Crippen LogP contribution in [0.25, 0.3) is 0 Å². The van der Waals surface area contributed by atoms with E-state index < -0.39 is 178 Å². The van der Waals surface area contributed by atoms with Crippen LogP contribution in [0.2, 0.25) is 0 Å². The largest absolute Gasteiger partial charge is 0.456 e. The molecule has 123 heavy (non-hydrogen) atoms. The second-order valence-corrected chi connectivity index (χ2v) is 29.5. The summed E-state index contributed by atoms with van der Waals surface area (Å²) in [5, 5.41) is 11.7. The minimum absolute atomic E-state index is 0.000124. The molecule has 28 heteroatoms. The second kappa shape index (κ2) is 45.2. The van der Waals surface area contributed by atoms with Gasteiger partial charge in [0, 0.05) is 27.7 Å². The second-order valence-electron chi connectivity index (χ2n) is 29.5. The normalized spacial score (nSPS) is 26.2. The Balaban J connectivity index is 0.963. The number of aliphatic hydroxyl groups excluding tert-OH is 1. The van der Waals surface area contributed by atoms with Crippen LogP contribution >= 0.6 is 0 Å². The maximum atomic E-state index is 15.2. The zero-order chi connectivity index (χ0) is 85.8. The van der Waals surface area contributed by atoms with Gasteiger partial charge in [0.05, 0.1) is 82.8 Å². The van der Waals surface area contributed by atoms with Gasteiger partial charge in [0.1, 0.15) is 54.9 Å². The van der Waals surface area contributed by atoms with Crippen LogP contribution in [0.15, 0.2) is 273 Å². The van der Waals surface area contributed by atoms with E-state index in [0.717, 1.165) is 48.6 Å². The van der Waals surface area contributed by atoms with Crippen molar-refractivity contribution in [3.05, 3.63) is 323 Å². The predicted molar refractivity (Wildman–Crippen MR) is 435 cm³/mol. The van der Waals surface area contributed by atoms with Crippen molar-refractivity contribution in [2.45, 2.75) is 190 Å². The first kappa shape index (κ1) is 89.5. The van der Waals surface area contributed by atoms with Crippen LogP contribution in [0.4, 0.5) is 0 Å². The lowest BCUT2D eigenvalue weighted by Crippen LogP contribution is -2.67. The number of hydrogen-bond acceptors (Lipinski definition) is 28. The average molecular weight is 1690 g/mol. The summed E-state index contributed by atoms with van der Waals surface area (Å²) in [5.74, 6) is -6.66. The van der Waals surface area contributed by atoms with E-state index >= 15 is 9.59 Å². The Kier molecular flexibility index (Phi) is 32.9.